The molecule has 0 spiro atoms. The van der Waals surface area contributed by atoms with Crippen molar-refractivity contribution in [2.24, 2.45) is 4.99 Å². The highest BCUT2D eigenvalue weighted by molar-refractivity contribution is 6.12. The fraction of sp³-hybridized carbons (Fsp3) is 0.154. The van der Waals surface area contributed by atoms with Crippen molar-refractivity contribution in [3.63, 3.8) is 0 Å². The average molecular weight is 445 g/mol. The maximum absolute atomic E-state index is 12.2. The highest BCUT2D eigenvalue weighted by Crippen LogP contribution is 2.30. The van der Waals surface area contributed by atoms with Gasteiger partial charge in [0.2, 0.25) is 5.90 Å². The number of nitrogens with zero attached hydrogens (tertiary/aromatic N) is 1. The van der Waals surface area contributed by atoms with E-state index >= 15 is 0 Å². The van der Waals surface area contributed by atoms with Crippen molar-refractivity contribution in [1.82, 2.24) is 0 Å². The number of methoxy groups -OCH3 is 2. The monoisotopic (exact) mass is 445 g/mol. The first-order chi connectivity index (χ1) is 16.2. The highest BCUT2D eigenvalue weighted by Gasteiger charge is 2.24. The SMILES string of the molecule is COc1ccccc1OCCOc1ccc(C=C2N=C(c3ccccc3)OC2=O)cc1OC. The van der Waals surface area contributed by atoms with Crippen molar-refractivity contribution < 1.29 is 28.5 Å². The van der Waals surface area contributed by atoms with Gasteiger partial charge in [-0.15, -0.1) is 0 Å². The first kappa shape index (κ1) is 22.0. The van der Waals surface area contributed by atoms with Gasteiger partial charge in [-0.1, -0.05) is 36.4 Å². The van der Waals surface area contributed by atoms with Crippen LogP contribution in [0.25, 0.3) is 6.08 Å². The van der Waals surface area contributed by atoms with Crippen molar-refractivity contribution in [2.45, 2.75) is 0 Å². The molecular formula is C26H23NO6. The fourth-order valence-electron chi connectivity index (χ4n) is 3.21. The molecule has 0 fully saturated rings. The van der Waals surface area contributed by atoms with Gasteiger partial charge in [-0.2, -0.15) is 0 Å². The number of para-hydroxylation sites is 2. The van der Waals surface area contributed by atoms with Crippen LogP contribution in [-0.2, 0) is 9.53 Å². The van der Waals surface area contributed by atoms with Crippen LogP contribution in [0.15, 0.2) is 83.5 Å². The molecule has 33 heavy (non-hydrogen) atoms. The van der Waals surface area contributed by atoms with E-state index in [0.717, 1.165) is 11.1 Å². The number of carbonyl (C=O) groups excluding carboxylic acids is 1. The molecule has 7 heteroatoms. The number of hydrogen-bond donors (Lipinski definition) is 0. The minimum absolute atomic E-state index is 0.217. The van der Waals surface area contributed by atoms with E-state index in [2.05, 4.69) is 4.99 Å². The lowest BCUT2D eigenvalue weighted by Gasteiger charge is -2.13. The van der Waals surface area contributed by atoms with E-state index in [1.807, 2.05) is 60.7 Å². The maximum Gasteiger partial charge on any atom is 0.363 e. The molecule has 7 nitrogen and oxygen atoms in total. The van der Waals surface area contributed by atoms with Crippen molar-refractivity contribution >= 4 is 17.9 Å². The third-order valence-corrected chi connectivity index (χ3v) is 4.80. The minimum Gasteiger partial charge on any atom is -0.493 e. The first-order valence-electron chi connectivity index (χ1n) is 10.3. The molecule has 0 bridgehead atoms. The van der Waals surface area contributed by atoms with Gasteiger partial charge in [0.15, 0.2) is 28.7 Å². The molecule has 0 radical (unpaired) electrons. The van der Waals surface area contributed by atoms with E-state index in [9.17, 15) is 4.79 Å². The summed E-state index contributed by atoms with van der Waals surface area (Å²) in [7, 11) is 3.15. The number of rotatable bonds is 9. The zero-order valence-electron chi connectivity index (χ0n) is 18.3. The lowest BCUT2D eigenvalue weighted by atomic mass is 10.1. The van der Waals surface area contributed by atoms with E-state index in [1.54, 1.807) is 32.4 Å². The standard InChI is InChI=1S/C26H23NO6/c1-29-21-10-6-7-11-22(21)31-14-15-32-23-13-12-18(17-24(23)30-2)16-20-26(28)33-25(27-20)19-8-4-3-5-9-19/h3-13,16-17H,14-15H2,1-2H3. The first-order valence-corrected chi connectivity index (χ1v) is 10.3. The molecule has 168 valence electrons. The molecule has 1 aliphatic rings. The summed E-state index contributed by atoms with van der Waals surface area (Å²) in [4.78, 5) is 16.6. The Balaban J connectivity index is 1.41. The van der Waals surface area contributed by atoms with Crippen LogP contribution in [-0.4, -0.2) is 39.3 Å². The average Bonchev–Trinajstić information content (AvgIpc) is 3.23. The van der Waals surface area contributed by atoms with Crippen molar-refractivity contribution in [3.8, 4) is 23.0 Å². The predicted molar refractivity (Wildman–Crippen MR) is 124 cm³/mol. The van der Waals surface area contributed by atoms with Gasteiger partial charge in [0.1, 0.15) is 13.2 Å². The summed E-state index contributed by atoms with van der Waals surface area (Å²) in [5.74, 6) is 2.19. The van der Waals surface area contributed by atoms with Gasteiger partial charge >= 0.3 is 5.97 Å². The molecule has 1 aliphatic heterocycles. The van der Waals surface area contributed by atoms with Crippen LogP contribution in [0, 0.1) is 0 Å². The van der Waals surface area contributed by atoms with Crippen LogP contribution in [0.3, 0.4) is 0 Å². The lowest BCUT2D eigenvalue weighted by Crippen LogP contribution is -2.10. The quantitative estimate of drug-likeness (QED) is 0.274. The molecule has 1 heterocycles. The Bertz CT molecular complexity index is 1190. The summed E-state index contributed by atoms with van der Waals surface area (Å²) in [6, 6.07) is 22.1. The van der Waals surface area contributed by atoms with Gasteiger partial charge in [-0.05, 0) is 48.0 Å². The second kappa shape index (κ2) is 10.4. The zero-order chi connectivity index (χ0) is 23.0. The number of hydrogen-bond acceptors (Lipinski definition) is 7. The Kier molecular flexibility index (Phi) is 6.90. The van der Waals surface area contributed by atoms with Gasteiger partial charge in [-0.25, -0.2) is 9.79 Å². The van der Waals surface area contributed by atoms with E-state index in [1.165, 1.54) is 0 Å². The molecule has 3 aromatic carbocycles. The minimum atomic E-state index is -0.498. The van der Waals surface area contributed by atoms with Crippen LogP contribution in [0.5, 0.6) is 23.0 Å². The molecule has 0 amide bonds. The molecule has 0 N–H and O–H groups in total. The smallest absolute Gasteiger partial charge is 0.363 e. The lowest BCUT2D eigenvalue weighted by molar-refractivity contribution is -0.129. The number of carbonyl (C=O) groups is 1. The maximum atomic E-state index is 12.2. The Morgan fingerprint density at radius 3 is 2.12 bits per heavy atom. The van der Waals surface area contributed by atoms with Crippen LogP contribution in [0.4, 0.5) is 0 Å². The Labute approximate surface area is 191 Å². The van der Waals surface area contributed by atoms with Crippen molar-refractivity contribution in [2.75, 3.05) is 27.4 Å². The second-order valence-electron chi connectivity index (χ2n) is 6.96. The Hall–Kier alpha value is -4.26. The van der Waals surface area contributed by atoms with Crippen LogP contribution in [0.2, 0.25) is 0 Å². The molecule has 0 atom stereocenters. The van der Waals surface area contributed by atoms with Gasteiger partial charge in [0.25, 0.3) is 0 Å². The normalized spacial score (nSPS) is 13.9. The number of benzene rings is 3. The molecule has 0 unspecified atom stereocenters. The predicted octanol–water partition coefficient (Wildman–Crippen LogP) is 4.51. The largest absolute Gasteiger partial charge is 0.493 e. The Morgan fingerprint density at radius 2 is 1.42 bits per heavy atom. The van der Waals surface area contributed by atoms with Crippen LogP contribution < -0.4 is 18.9 Å². The summed E-state index contributed by atoms with van der Waals surface area (Å²) in [6.07, 6.45) is 1.65. The van der Waals surface area contributed by atoms with Gasteiger partial charge in [-0.3, -0.25) is 0 Å². The third kappa shape index (κ3) is 5.33. The van der Waals surface area contributed by atoms with E-state index in [0.29, 0.717) is 36.2 Å². The van der Waals surface area contributed by atoms with Crippen LogP contribution >= 0.6 is 0 Å². The third-order valence-electron chi connectivity index (χ3n) is 4.80. The summed E-state index contributed by atoms with van der Waals surface area (Å²) < 4.78 is 27.6. The Morgan fingerprint density at radius 1 is 0.788 bits per heavy atom. The molecule has 0 aliphatic carbocycles. The number of aliphatic imine (C=N–C) groups is 1. The highest BCUT2D eigenvalue weighted by atomic mass is 16.6. The van der Waals surface area contributed by atoms with E-state index < -0.39 is 5.97 Å². The zero-order valence-corrected chi connectivity index (χ0v) is 18.3. The summed E-state index contributed by atoms with van der Waals surface area (Å²) in [5.41, 5.74) is 1.69. The topological polar surface area (TPSA) is 75.6 Å². The van der Waals surface area contributed by atoms with Crippen molar-refractivity contribution in [1.29, 1.82) is 0 Å². The van der Waals surface area contributed by atoms with Crippen LogP contribution in [0.1, 0.15) is 11.1 Å². The molecule has 0 saturated carbocycles. The number of ether oxygens (including phenoxy) is 5. The summed E-state index contributed by atoms with van der Waals surface area (Å²) in [5, 5.41) is 0. The summed E-state index contributed by atoms with van der Waals surface area (Å²) >= 11 is 0. The fourth-order valence-corrected chi connectivity index (χ4v) is 3.21. The molecular weight excluding hydrogens is 422 g/mol. The molecule has 0 saturated heterocycles. The van der Waals surface area contributed by atoms with Gasteiger partial charge in [0.05, 0.1) is 14.2 Å². The van der Waals surface area contributed by atoms with Gasteiger partial charge in [0, 0.05) is 5.56 Å². The molecule has 4 rings (SSSR count). The van der Waals surface area contributed by atoms with E-state index in [4.69, 9.17) is 23.7 Å². The summed E-state index contributed by atoms with van der Waals surface area (Å²) in [6.45, 7) is 0.643. The molecule has 3 aromatic rings. The number of esters is 1. The molecule has 0 aromatic heterocycles. The second-order valence-corrected chi connectivity index (χ2v) is 6.96. The van der Waals surface area contributed by atoms with E-state index in [-0.39, 0.29) is 11.6 Å². The van der Waals surface area contributed by atoms with Crippen molar-refractivity contribution in [3.05, 3.63) is 89.6 Å². The van der Waals surface area contributed by atoms with Gasteiger partial charge < -0.3 is 23.7 Å². The number of cyclic esters (lactones) is 1.